The Morgan fingerprint density at radius 1 is 0.923 bits per heavy atom. The number of fused-ring (bicyclic) bond motifs is 2. The molecule has 0 heteroatoms. The van der Waals surface area contributed by atoms with Gasteiger partial charge in [-0.1, -0.05) is 47.5 Å². The first-order valence-corrected chi connectivity index (χ1v) is 6.40. The Hall–Kier alpha value is 0. The molecule has 2 fully saturated rings. The zero-order chi connectivity index (χ0) is 10.3. The molecule has 0 spiro atoms. The molecule has 2 aliphatic rings. The third-order valence-corrected chi connectivity index (χ3v) is 3.41. The van der Waals surface area contributed by atoms with Crippen molar-refractivity contribution in [2.75, 3.05) is 0 Å². The molecular weight excluding hydrogens is 156 g/mol. The van der Waals surface area contributed by atoms with Crippen LogP contribution >= 0.6 is 0 Å². The Labute approximate surface area is 85.1 Å². The first-order valence-electron chi connectivity index (χ1n) is 6.40. The maximum absolute atomic E-state index is 2.35. The highest BCUT2D eigenvalue weighted by Gasteiger charge is 2.37. The lowest BCUT2D eigenvalue weighted by Crippen LogP contribution is -2.08. The minimum absolute atomic E-state index is 1.13. The maximum Gasteiger partial charge on any atom is -0.0383 e. The monoisotopic (exact) mass is 184 g/mol. The van der Waals surface area contributed by atoms with Gasteiger partial charge in [0.05, 0.1) is 0 Å². The van der Waals surface area contributed by atoms with Crippen LogP contribution in [0.15, 0.2) is 0 Å². The number of hydrogen-bond donors (Lipinski definition) is 0. The molecule has 0 aliphatic heterocycles. The number of hydrogen-bond acceptors (Lipinski definition) is 0. The highest BCUT2D eigenvalue weighted by molar-refractivity contribution is 4.88. The fraction of sp³-hybridized carbons (Fsp3) is 1.00. The van der Waals surface area contributed by atoms with Crippen molar-refractivity contribution in [3.8, 4) is 0 Å². The van der Waals surface area contributed by atoms with Crippen LogP contribution in [-0.2, 0) is 0 Å². The van der Waals surface area contributed by atoms with Crippen molar-refractivity contribution in [3.05, 3.63) is 0 Å². The van der Waals surface area contributed by atoms with E-state index in [1.165, 1.54) is 6.42 Å². The van der Waals surface area contributed by atoms with Gasteiger partial charge in [-0.05, 0) is 37.0 Å². The zero-order valence-electron chi connectivity index (χ0n) is 10.3. The first kappa shape index (κ1) is 13.0. The summed E-state index contributed by atoms with van der Waals surface area (Å²) in [7, 11) is 0. The van der Waals surface area contributed by atoms with Crippen molar-refractivity contribution in [3.63, 3.8) is 0 Å². The average molecular weight is 184 g/mol. The van der Waals surface area contributed by atoms with Crippen molar-refractivity contribution in [1.29, 1.82) is 0 Å². The van der Waals surface area contributed by atoms with E-state index >= 15 is 0 Å². The molecule has 0 N–H and O–H groups in total. The van der Waals surface area contributed by atoms with Crippen LogP contribution in [0.4, 0.5) is 0 Å². The molecule has 0 saturated heterocycles. The lowest BCUT2D eigenvalue weighted by Gasteiger charge is -2.18. The largest absolute Gasteiger partial charge is 0.0683 e. The van der Waals surface area contributed by atoms with Crippen molar-refractivity contribution in [2.24, 2.45) is 17.8 Å². The molecule has 2 rings (SSSR count). The second-order valence-electron chi connectivity index (χ2n) is 3.84. The Kier molecular flexibility index (Phi) is 7.41. The van der Waals surface area contributed by atoms with E-state index in [1.807, 2.05) is 27.7 Å². The van der Waals surface area contributed by atoms with Crippen LogP contribution in [0.5, 0.6) is 0 Å². The van der Waals surface area contributed by atoms with E-state index in [2.05, 4.69) is 6.92 Å². The van der Waals surface area contributed by atoms with E-state index in [0.29, 0.717) is 0 Å². The van der Waals surface area contributed by atoms with Crippen molar-refractivity contribution < 1.29 is 0 Å². The van der Waals surface area contributed by atoms with Crippen LogP contribution < -0.4 is 0 Å². The minimum atomic E-state index is 1.13. The van der Waals surface area contributed by atoms with Crippen LogP contribution in [0.3, 0.4) is 0 Å². The molecule has 2 aliphatic carbocycles. The third kappa shape index (κ3) is 3.32. The topological polar surface area (TPSA) is 0 Å². The van der Waals surface area contributed by atoms with Crippen molar-refractivity contribution in [2.45, 2.75) is 66.7 Å². The molecule has 0 radical (unpaired) electrons. The van der Waals surface area contributed by atoms with Crippen LogP contribution in [0.1, 0.15) is 66.7 Å². The summed E-state index contributed by atoms with van der Waals surface area (Å²) in [6.07, 6.45) is 7.71. The van der Waals surface area contributed by atoms with Crippen LogP contribution in [-0.4, -0.2) is 0 Å². The minimum Gasteiger partial charge on any atom is -0.0683 e. The van der Waals surface area contributed by atoms with E-state index in [0.717, 1.165) is 17.8 Å². The maximum atomic E-state index is 2.35. The number of rotatable bonds is 1. The lowest BCUT2D eigenvalue weighted by molar-refractivity contribution is 0.324. The molecular formula is C13H28. The molecule has 3 atom stereocenters. The van der Waals surface area contributed by atoms with Gasteiger partial charge in [0, 0.05) is 0 Å². The van der Waals surface area contributed by atoms with E-state index in [4.69, 9.17) is 0 Å². The Morgan fingerprint density at radius 3 is 1.77 bits per heavy atom. The molecule has 0 aromatic carbocycles. The van der Waals surface area contributed by atoms with E-state index < -0.39 is 0 Å². The molecule has 0 amide bonds. The summed E-state index contributed by atoms with van der Waals surface area (Å²) >= 11 is 0. The summed E-state index contributed by atoms with van der Waals surface area (Å²) in [5, 5.41) is 0. The smallest absolute Gasteiger partial charge is 0.0383 e. The van der Waals surface area contributed by atoms with Gasteiger partial charge in [-0.3, -0.25) is 0 Å². The van der Waals surface area contributed by atoms with Gasteiger partial charge in [-0.25, -0.2) is 0 Å². The molecule has 2 saturated carbocycles. The van der Waals surface area contributed by atoms with Gasteiger partial charge in [0.15, 0.2) is 0 Å². The fourth-order valence-electron chi connectivity index (χ4n) is 2.88. The molecule has 0 heterocycles. The van der Waals surface area contributed by atoms with Crippen LogP contribution in [0, 0.1) is 17.8 Å². The third-order valence-electron chi connectivity index (χ3n) is 3.41. The molecule has 80 valence electrons. The van der Waals surface area contributed by atoms with Gasteiger partial charge in [0.1, 0.15) is 0 Å². The second-order valence-corrected chi connectivity index (χ2v) is 3.84. The standard InChI is InChI=1S/C9H16.2C2H6/c1-2-8-5-7-3-4-9(8)6-7;2*1-2/h7-9H,2-6H2,1H3;2*1-2H3. The quantitative estimate of drug-likeness (QED) is 0.544. The molecule has 0 aromatic heterocycles. The Bertz CT molecular complexity index is 107. The second kappa shape index (κ2) is 7.41. The summed E-state index contributed by atoms with van der Waals surface area (Å²) in [6, 6.07) is 0. The molecule has 2 bridgehead atoms. The van der Waals surface area contributed by atoms with Gasteiger partial charge < -0.3 is 0 Å². The summed E-state index contributed by atoms with van der Waals surface area (Å²) < 4.78 is 0. The normalized spacial score (nSPS) is 34.4. The van der Waals surface area contributed by atoms with Gasteiger partial charge in [-0.15, -0.1) is 0 Å². The summed E-state index contributed by atoms with van der Waals surface area (Å²) in [5.41, 5.74) is 0. The Balaban J connectivity index is 0.000000322. The van der Waals surface area contributed by atoms with Gasteiger partial charge in [-0.2, -0.15) is 0 Å². The van der Waals surface area contributed by atoms with Crippen molar-refractivity contribution in [1.82, 2.24) is 0 Å². The van der Waals surface area contributed by atoms with E-state index in [-0.39, 0.29) is 0 Å². The highest BCUT2D eigenvalue weighted by Crippen LogP contribution is 2.49. The van der Waals surface area contributed by atoms with Gasteiger partial charge >= 0.3 is 0 Å². The molecule has 13 heavy (non-hydrogen) atoms. The van der Waals surface area contributed by atoms with Gasteiger partial charge in [0.2, 0.25) is 0 Å². The summed E-state index contributed by atoms with van der Waals surface area (Å²) in [4.78, 5) is 0. The van der Waals surface area contributed by atoms with Crippen LogP contribution in [0.2, 0.25) is 0 Å². The summed E-state index contributed by atoms with van der Waals surface area (Å²) in [6.45, 7) is 10.4. The predicted octanol–water partition coefficient (Wildman–Crippen LogP) is 4.89. The first-order chi connectivity index (χ1) is 6.40. The zero-order valence-corrected chi connectivity index (χ0v) is 10.3. The fourth-order valence-corrected chi connectivity index (χ4v) is 2.88. The summed E-state index contributed by atoms with van der Waals surface area (Å²) in [5.74, 6) is 3.43. The Morgan fingerprint density at radius 2 is 1.54 bits per heavy atom. The molecule has 0 aromatic rings. The average Bonchev–Trinajstić information content (AvgIpc) is 2.84. The SMILES string of the molecule is CC.CC.CCC1CC2CCC1C2. The van der Waals surface area contributed by atoms with E-state index in [1.54, 1.807) is 25.7 Å². The highest BCUT2D eigenvalue weighted by atomic mass is 14.4. The molecule has 3 unspecified atom stereocenters. The van der Waals surface area contributed by atoms with Gasteiger partial charge in [0.25, 0.3) is 0 Å². The van der Waals surface area contributed by atoms with Crippen LogP contribution in [0.25, 0.3) is 0 Å². The van der Waals surface area contributed by atoms with E-state index in [9.17, 15) is 0 Å². The predicted molar refractivity (Wildman–Crippen MR) is 61.9 cm³/mol. The van der Waals surface area contributed by atoms with Crippen molar-refractivity contribution >= 4 is 0 Å². The molecule has 0 nitrogen and oxygen atoms in total. The lowest BCUT2D eigenvalue weighted by atomic mass is 9.87.